The van der Waals surface area contributed by atoms with Gasteiger partial charge in [-0.1, -0.05) is 18.2 Å². The predicted molar refractivity (Wildman–Crippen MR) is 93.4 cm³/mol. The van der Waals surface area contributed by atoms with Crippen molar-refractivity contribution in [2.45, 2.75) is 12.5 Å². The molecule has 1 aliphatic heterocycles. The van der Waals surface area contributed by atoms with Crippen molar-refractivity contribution in [2.24, 2.45) is 0 Å². The van der Waals surface area contributed by atoms with Crippen LogP contribution in [0, 0.1) is 0 Å². The van der Waals surface area contributed by atoms with Crippen LogP contribution in [0.5, 0.6) is 0 Å². The van der Waals surface area contributed by atoms with Gasteiger partial charge in [0, 0.05) is 17.1 Å². The molecule has 1 aromatic heterocycles. The topological polar surface area (TPSA) is 79.6 Å². The first-order valence-electron chi connectivity index (χ1n) is 7.84. The molecule has 4 rings (SSSR count). The summed E-state index contributed by atoms with van der Waals surface area (Å²) in [6.07, 6.45) is 0.0929. The Balaban J connectivity index is 1.59. The molecule has 2 amide bonds. The average Bonchev–Trinajstić information content (AvgIpc) is 2.89. The first-order chi connectivity index (χ1) is 12.1. The maximum atomic E-state index is 12.6. The molecule has 124 valence electrons. The number of para-hydroxylation sites is 1. The average molecular weight is 334 g/mol. The number of benzene rings is 2. The van der Waals surface area contributed by atoms with Gasteiger partial charge >= 0.3 is 5.63 Å². The van der Waals surface area contributed by atoms with Gasteiger partial charge in [0.15, 0.2) is 0 Å². The highest BCUT2D eigenvalue weighted by Crippen LogP contribution is 2.25. The minimum absolute atomic E-state index is 0.0929. The summed E-state index contributed by atoms with van der Waals surface area (Å²) in [5, 5.41) is 3.83. The van der Waals surface area contributed by atoms with Crippen molar-refractivity contribution in [1.29, 1.82) is 0 Å². The summed E-state index contributed by atoms with van der Waals surface area (Å²) in [4.78, 5) is 37.3. The molecule has 6 heteroatoms. The number of hydrogen-bond acceptors (Lipinski definition) is 5. The highest BCUT2D eigenvalue weighted by molar-refractivity contribution is 6.23. The van der Waals surface area contributed by atoms with Crippen LogP contribution in [0.15, 0.2) is 69.9 Å². The van der Waals surface area contributed by atoms with E-state index >= 15 is 0 Å². The molecule has 1 atom stereocenters. The van der Waals surface area contributed by atoms with Crippen LogP contribution in [-0.2, 0) is 9.59 Å². The molecule has 0 spiro atoms. The van der Waals surface area contributed by atoms with Crippen LogP contribution in [-0.4, -0.2) is 17.9 Å². The van der Waals surface area contributed by atoms with Gasteiger partial charge in [0.25, 0.3) is 5.91 Å². The number of fused-ring (bicyclic) bond motifs is 1. The normalized spacial score (nSPS) is 17.3. The molecule has 1 saturated heterocycles. The van der Waals surface area contributed by atoms with E-state index in [4.69, 9.17) is 4.42 Å². The zero-order chi connectivity index (χ0) is 17.4. The standard InChI is InChI=1S/C19H14N2O4/c22-17-11-15(19(24)21(17)14-4-2-1-3-5-14)20-13-7-8-16-12(10-13)6-9-18(23)25-16/h1-10,15,20H,11H2. The lowest BCUT2D eigenvalue weighted by Gasteiger charge is -2.16. The third-order valence-corrected chi connectivity index (χ3v) is 4.12. The van der Waals surface area contributed by atoms with Crippen LogP contribution in [0.3, 0.4) is 0 Å². The molecule has 0 bridgehead atoms. The molecule has 0 saturated carbocycles. The van der Waals surface area contributed by atoms with Gasteiger partial charge in [0.2, 0.25) is 5.91 Å². The Morgan fingerprint density at radius 1 is 0.960 bits per heavy atom. The number of anilines is 2. The summed E-state index contributed by atoms with van der Waals surface area (Å²) >= 11 is 0. The van der Waals surface area contributed by atoms with Gasteiger partial charge in [-0.2, -0.15) is 0 Å². The van der Waals surface area contributed by atoms with E-state index < -0.39 is 11.7 Å². The molecule has 2 heterocycles. The number of carbonyl (C=O) groups excluding carboxylic acids is 2. The van der Waals surface area contributed by atoms with Crippen LogP contribution in [0.4, 0.5) is 11.4 Å². The van der Waals surface area contributed by atoms with E-state index in [0.717, 1.165) is 5.39 Å². The minimum Gasteiger partial charge on any atom is -0.423 e. The monoisotopic (exact) mass is 334 g/mol. The second-order valence-electron chi connectivity index (χ2n) is 5.81. The molecule has 1 aliphatic rings. The van der Waals surface area contributed by atoms with E-state index in [1.54, 1.807) is 48.5 Å². The highest BCUT2D eigenvalue weighted by atomic mass is 16.4. The lowest BCUT2D eigenvalue weighted by Crippen LogP contribution is -2.34. The van der Waals surface area contributed by atoms with Crippen molar-refractivity contribution in [3.05, 3.63) is 71.1 Å². The molecule has 1 fully saturated rings. The van der Waals surface area contributed by atoms with Crippen molar-refractivity contribution in [2.75, 3.05) is 10.2 Å². The van der Waals surface area contributed by atoms with Crippen LogP contribution in [0.1, 0.15) is 6.42 Å². The van der Waals surface area contributed by atoms with Crippen LogP contribution in [0.2, 0.25) is 0 Å². The number of imide groups is 1. The Kier molecular flexibility index (Phi) is 3.57. The summed E-state index contributed by atoms with van der Waals surface area (Å²) in [5.74, 6) is -0.517. The Morgan fingerprint density at radius 3 is 2.56 bits per heavy atom. The molecule has 25 heavy (non-hydrogen) atoms. The second kappa shape index (κ2) is 5.90. The third kappa shape index (κ3) is 2.78. The van der Waals surface area contributed by atoms with E-state index in [0.29, 0.717) is 17.0 Å². The predicted octanol–water partition coefficient (Wildman–Crippen LogP) is 2.54. The summed E-state index contributed by atoms with van der Waals surface area (Å²) in [7, 11) is 0. The van der Waals surface area contributed by atoms with Crippen molar-refractivity contribution >= 4 is 34.2 Å². The summed E-state index contributed by atoms with van der Waals surface area (Å²) in [6, 6.07) is 16.4. The molecule has 2 aromatic carbocycles. The fourth-order valence-corrected chi connectivity index (χ4v) is 2.96. The van der Waals surface area contributed by atoms with Gasteiger partial charge in [-0.05, 0) is 36.4 Å². The fourth-order valence-electron chi connectivity index (χ4n) is 2.96. The largest absolute Gasteiger partial charge is 0.423 e. The quantitative estimate of drug-likeness (QED) is 0.588. The van der Waals surface area contributed by atoms with Crippen molar-refractivity contribution in [3.63, 3.8) is 0 Å². The number of hydrogen-bond donors (Lipinski definition) is 1. The molecule has 1 unspecified atom stereocenters. The van der Waals surface area contributed by atoms with Crippen LogP contribution < -0.4 is 15.8 Å². The smallest absolute Gasteiger partial charge is 0.336 e. The first kappa shape index (κ1) is 15.1. The van der Waals surface area contributed by atoms with Gasteiger partial charge in [-0.25, -0.2) is 9.69 Å². The van der Waals surface area contributed by atoms with Crippen molar-refractivity contribution < 1.29 is 14.0 Å². The van der Waals surface area contributed by atoms with Gasteiger partial charge in [0.05, 0.1) is 12.1 Å². The maximum Gasteiger partial charge on any atom is 0.336 e. The zero-order valence-corrected chi connectivity index (χ0v) is 13.1. The Morgan fingerprint density at radius 2 is 1.76 bits per heavy atom. The summed E-state index contributed by atoms with van der Waals surface area (Å²) in [5.41, 5.74) is 1.31. The van der Waals surface area contributed by atoms with Gasteiger partial charge < -0.3 is 9.73 Å². The molecule has 0 radical (unpaired) electrons. The molecule has 3 aromatic rings. The summed E-state index contributed by atoms with van der Waals surface area (Å²) in [6.45, 7) is 0. The minimum atomic E-state index is -0.624. The third-order valence-electron chi connectivity index (χ3n) is 4.12. The SMILES string of the molecule is O=C1CC(Nc2ccc3oc(=O)ccc3c2)C(=O)N1c1ccccc1. The lowest BCUT2D eigenvalue weighted by atomic mass is 10.2. The number of carbonyl (C=O) groups is 2. The number of nitrogens with zero attached hydrogens (tertiary/aromatic N) is 1. The van der Waals surface area contributed by atoms with Gasteiger partial charge in [-0.15, -0.1) is 0 Å². The molecule has 1 N–H and O–H groups in total. The van der Waals surface area contributed by atoms with E-state index in [9.17, 15) is 14.4 Å². The molecule has 0 aliphatic carbocycles. The first-order valence-corrected chi connectivity index (χ1v) is 7.84. The molecular formula is C19H14N2O4. The number of rotatable bonds is 3. The van der Waals surface area contributed by atoms with Crippen LogP contribution in [0.25, 0.3) is 11.0 Å². The van der Waals surface area contributed by atoms with Crippen molar-refractivity contribution in [3.8, 4) is 0 Å². The lowest BCUT2D eigenvalue weighted by molar-refractivity contribution is -0.121. The van der Waals surface area contributed by atoms with Gasteiger partial charge in [-0.3, -0.25) is 9.59 Å². The van der Waals surface area contributed by atoms with Crippen LogP contribution >= 0.6 is 0 Å². The van der Waals surface area contributed by atoms with E-state index in [-0.39, 0.29) is 18.2 Å². The molecule has 6 nitrogen and oxygen atoms in total. The maximum absolute atomic E-state index is 12.6. The fraction of sp³-hybridized carbons (Fsp3) is 0.105. The summed E-state index contributed by atoms with van der Waals surface area (Å²) < 4.78 is 5.09. The van der Waals surface area contributed by atoms with E-state index in [2.05, 4.69) is 5.32 Å². The number of nitrogens with one attached hydrogen (secondary N) is 1. The Hall–Kier alpha value is -3.41. The Bertz CT molecular complexity index is 1030. The Labute approximate surface area is 142 Å². The van der Waals surface area contributed by atoms with E-state index in [1.807, 2.05) is 6.07 Å². The zero-order valence-electron chi connectivity index (χ0n) is 13.1. The van der Waals surface area contributed by atoms with E-state index in [1.165, 1.54) is 11.0 Å². The van der Waals surface area contributed by atoms with Crippen molar-refractivity contribution in [1.82, 2.24) is 0 Å². The number of amides is 2. The second-order valence-corrected chi connectivity index (χ2v) is 5.81. The molecular weight excluding hydrogens is 320 g/mol. The highest BCUT2D eigenvalue weighted by Gasteiger charge is 2.39. The van der Waals surface area contributed by atoms with Gasteiger partial charge in [0.1, 0.15) is 11.6 Å².